The zero-order valence-corrected chi connectivity index (χ0v) is 19.7. The average Bonchev–Trinajstić information content (AvgIpc) is 3.42. The van der Waals surface area contributed by atoms with E-state index in [1.54, 1.807) is 60.7 Å². The average molecular weight is 486 g/mol. The number of amides is 2. The normalized spacial score (nSPS) is 24.4. The predicted molar refractivity (Wildman–Crippen MR) is 129 cm³/mol. The van der Waals surface area contributed by atoms with E-state index in [-0.39, 0.29) is 11.1 Å². The van der Waals surface area contributed by atoms with Crippen molar-refractivity contribution in [1.29, 1.82) is 0 Å². The zero-order chi connectivity index (χ0) is 24.6. The fourth-order valence-electron chi connectivity index (χ4n) is 5.69. The highest BCUT2D eigenvalue weighted by molar-refractivity contribution is 6.37. The first-order valence-corrected chi connectivity index (χ1v) is 11.7. The number of hydrogen-bond acceptors (Lipinski definition) is 5. The minimum Gasteiger partial charge on any atom is -0.349 e. The van der Waals surface area contributed by atoms with E-state index < -0.39 is 46.9 Å². The summed E-state index contributed by atoms with van der Waals surface area (Å²) < 4.78 is 6.28. The Hall–Kier alpha value is -3.61. The second-order valence-corrected chi connectivity index (χ2v) is 9.70. The maximum atomic E-state index is 14.0. The molecule has 0 aromatic heterocycles. The van der Waals surface area contributed by atoms with Gasteiger partial charge in [0.15, 0.2) is 0 Å². The summed E-state index contributed by atoms with van der Waals surface area (Å²) in [4.78, 5) is 56.6. The third-order valence-electron chi connectivity index (χ3n) is 7.53. The highest BCUT2D eigenvalue weighted by atomic mass is 35.5. The number of Topliss-reactive ketones (excluding diaryl/α,β-unsaturated/α-hetero) is 2. The lowest BCUT2D eigenvalue weighted by atomic mass is 9.77. The first-order chi connectivity index (χ1) is 16.8. The molecule has 1 aliphatic carbocycles. The first kappa shape index (κ1) is 21.9. The number of carbonyl (C=O) groups excluding carboxylic acids is 4. The Labute approximate surface area is 206 Å². The van der Waals surface area contributed by atoms with Crippen LogP contribution in [0.5, 0.6) is 0 Å². The van der Waals surface area contributed by atoms with Gasteiger partial charge in [0.25, 0.3) is 0 Å². The molecule has 3 aromatic rings. The van der Waals surface area contributed by atoms with E-state index in [2.05, 4.69) is 0 Å². The van der Waals surface area contributed by atoms with Gasteiger partial charge in [-0.3, -0.25) is 19.2 Å². The van der Waals surface area contributed by atoms with Gasteiger partial charge in [-0.25, -0.2) is 4.90 Å². The van der Waals surface area contributed by atoms with Crippen molar-refractivity contribution in [3.05, 3.63) is 99.6 Å². The second kappa shape index (κ2) is 7.44. The first-order valence-electron chi connectivity index (χ1n) is 11.3. The molecule has 0 N–H and O–H groups in total. The number of imide groups is 1. The van der Waals surface area contributed by atoms with E-state index in [0.29, 0.717) is 16.3 Å². The van der Waals surface area contributed by atoms with Crippen LogP contribution in [0.25, 0.3) is 0 Å². The molecule has 7 heteroatoms. The van der Waals surface area contributed by atoms with Crippen molar-refractivity contribution >= 4 is 40.7 Å². The van der Waals surface area contributed by atoms with Gasteiger partial charge in [-0.2, -0.15) is 0 Å². The molecule has 2 saturated heterocycles. The molecule has 2 fully saturated rings. The summed E-state index contributed by atoms with van der Waals surface area (Å²) >= 11 is 6.07. The van der Waals surface area contributed by atoms with Crippen molar-refractivity contribution in [3.8, 4) is 0 Å². The zero-order valence-electron chi connectivity index (χ0n) is 18.9. The van der Waals surface area contributed by atoms with Gasteiger partial charge in [0.2, 0.25) is 29.0 Å². The number of fused-ring (bicyclic) bond motifs is 3. The van der Waals surface area contributed by atoms with Crippen LogP contribution in [0.2, 0.25) is 5.02 Å². The van der Waals surface area contributed by atoms with Crippen molar-refractivity contribution in [2.24, 2.45) is 11.8 Å². The van der Waals surface area contributed by atoms with Crippen LogP contribution in [0.15, 0.2) is 66.7 Å². The Morgan fingerprint density at radius 3 is 2.06 bits per heavy atom. The molecule has 35 heavy (non-hydrogen) atoms. The third kappa shape index (κ3) is 2.75. The summed E-state index contributed by atoms with van der Waals surface area (Å²) in [7, 11) is 0. The van der Waals surface area contributed by atoms with E-state index in [9.17, 15) is 19.2 Å². The van der Waals surface area contributed by atoms with Gasteiger partial charge in [0.1, 0.15) is 0 Å². The smallest absolute Gasteiger partial charge is 0.241 e. The fraction of sp³-hybridized carbons (Fsp3) is 0.214. The fourth-order valence-corrected chi connectivity index (χ4v) is 5.81. The molecule has 0 saturated carbocycles. The number of benzene rings is 3. The Morgan fingerprint density at radius 1 is 0.800 bits per heavy atom. The van der Waals surface area contributed by atoms with Crippen molar-refractivity contribution in [2.75, 3.05) is 4.90 Å². The molecule has 3 aliphatic rings. The van der Waals surface area contributed by atoms with Crippen LogP contribution < -0.4 is 4.90 Å². The van der Waals surface area contributed by atoms with Crippen molar-refractivity contribution in [1.82, 2.24) is 0 Å². The lowest BCUT2D eigenvalue weighted by Gasteiger charge is -2.28. The van der Waals surface area contributed by atoms with Gasteiger partial charge in [0, 0.05) is 16.1 Å². The van der Waals surface area contributed by atoms with Gasteiger partial charge < -0.3 is 4.74 Å². The number of aryl methyl sites for hydroxylation is 1. The topological polar surface area (TPSA) is 80.8 Å². The Kier molecular flexibility index (Phi) is 4.66. The molecule has 3 atom stereocenters. The highest BCUT2D eigenvalue weighted by Crippen LogP contribution is 2.58. The van der Waals surface area contributed by atoms with E-state index in [1.807, 2.05) is 19.9 Å². The molecule has 2 aliphatic heterocycles. The SMILES string of the molecule is Cc1cccc(N2C(=O)[C@@H]3[C@@H](C2=O)C2(O[C@H]3c3ccc(Cl)cc3)C(=O)c3ccccc3C2=O)c1C. The molecular weight excluding hydrogens is 466 g/mol. The Bertz CT molecular complexity index is 1430. The number of nitrogens with zero attached hydrogens (tertiary/aromatic N) is 1. The van der Waals surface area contributed by atoms with Gasteiger partial charge in [-0.1, -0.05) is 60.1 Å². The van der Waals surface area contributed by atoms with Crippen LogP contribution in [0.4, 0.5) is 5.69 Å². The molecule has 0 bridgehead atoms. The second-order valence-electron chi connectivity index (χ2n) is 9.26. The Balaban J connectivity index is 1.56. The van der Waals surface area contributed by atoms with Crippen molar-refractivity contribution in [2.45, 2.75) is 25.6 Å². The largest absolute Gasteiger partial charge is 0.349 e. The van der Waals surface area contributed by atoms with Gasteiger partial charge >= 0.3 is 0 Å². The number of halogens is 1. The Morgan fingerprint density at radius 2 is 1.43 bits per heavy atom. The summed E-state index contributed by atoms with van der Waals surface area (Å²) in [6.45, 7) is 3.73. The summed E-state index contributed by atoms with van der Waals surface area (Å²) in [6, 6.07) is 18.5. The molecule has 174 valence electrons. The van der Waals surface area contributed by atoms with Crippen LogP contribution in [0, 0.1) is 25.7 Å². The van der Waals surface area contributed by atoms with Crippen molar-refractivity contribution in [3.63, 3.8) is 0 Å². The number of anilines is 1. The number of rotatable bonds is 2. The summed E-state index contributed by atoms with van der Waals surface area (Å²) in [5.41, 5.74) is 1.05. The monoisotopic (exact) mass is 485 g/mol. The number of hydrogen-bond donors (Lipinski definition) is 0. The maximum Gasteiger partial charge on any atom is 0.241 e. The van der Waals surface area contributed by atoms with Gasteiger partial charge in [-0.05, 0) is 48.7 Å². The number of ether oxygens (including phenoxy) is 1. The van der Waals surface area contributed by atoms with E-state index in [1.165, 1.54) is 0 Å². The van der Waals surface area contributed by atoms with E-state index >= 15 is 0 Å². The number of ketones is 2. The summed E-state index contributed by atoms with van der Waals surface area (Å²) in [5, 5.41) is 0.490. The molecular formula is C28H20ClNO5. The summed E-state index contributed by atoms with van der Waals surface area (Å²) in [6.07, 6.45) is -0.967. The minimum atomic E-state index is -2.09. The van der Waals surface area contributed by atoms with Gasteiger partial charge in [-0.15, -0.1) is 0 Å². The molecule has 3 aromatic carbocycles. The van der Waals surface area contributed by atoms with Crippen molar-refractivity contribution < 1.29 is 23.9 Å². The molecule has 0 radical (unpaired) electrons. The molecule has 6 nitrogen and oxygen atoms in total. The third-order valence-corrected chi connectivity index (χ3v) is 7.79. The van der Waals surface area contributed by atoms with Crippen LogP contribution in [0.3, 0.4) is 0 Å². The van der Waals surface area contributed by atoms with Crippen LogP contribution in [0.1, 0.15) is 43.5 Å². The van der Waals surface area contributed by atoms with Gasteiger partial charge in [0.05, 0.1) is 23.6 Å². The maximum absolute atomic E-state index is 14.0. The predicted octanol–water partition coefficient (Wildman–Crippen LogP) is 4.65. The van der Waals surface area contributed by atoms with Crippen LogP contribution in [-0.2, 0) is 14.3 Å². The lowest BCUT2D eigenvalue weighted by Crippen LogP contribution is -2.51. The molecule has 2 amide bonds. The van der Waals surface area contributed by atoms with E-state index in [0.717, 1.165) is 16.0 Å². The quantitative estimate of drug-likeness (QED) is 0.390. The number of carbonyl (C=O) groups is 4. The minimum absolute atomic E-state index is 0.207. The highest BCUT2D eigenvalue weighted by Gasteiger charge is 2.74. The van der Waals surface area contributed by atoms with Crippen LogP contribution in [-0.4, -0.2) is 29.0 Å². The molecule has 6 rings (SSSR count). The standard InChI is InChI=1S/C28H20ClNO5/c1-14-6-5-9-20(15(14)2)30-26(33)21-22(27(30)34)28(35-23(21)16-10-12-17(29)13-11-16)24(31)18-7-3-4-8-19(18)25(28)32/h3-13,21-23H,1-2H3/t21-,22+,23+/m1/s1. The van der Waals surface area contributed by atoms with Crippen LogP contribution >= 0.6 is 11.6 Å². The molecule has 1 spiro atoms. The molecule has 0 unspecified atom stereocenters. The summed E-state index contributed by atoms with van der Waals surface area (Å²) in [5.74, 6) is -4.54. The van der Waals surface area contributed by atoms with E-state index in [4.69, 9.17) is 16.3 Å². The lowest BCUT2D eigenvalue weighted by molar-refractivity contribution is -0.127. The molecule has 2 heterocycles.